The Kier molecular flexibility index (Phi) is 7.95. The van der Waals surface area contributed by atoms with E-state index >= 15 is 0 Å². The summed E-state index contributed by atoms with van der Waals surface area (Å²) < 4.78 is 7.50. The van der Waals surface area contributed by atoms with E-state index in [9.17, 15) is 5.11 Å². The van der Waals surface area contributed by atoms with E-state index in [4.69, 9.17) is 15.0 Å². The van der Waals surface area contributed by atoms with Crippen molar-refractivity contribution in [3.63, 3.8) is 0 Å². The number of hydrogen-bond acceptors (Lipinski definition) is 8. The number of imidazole rings is 1. The van der Waals surface area contributed by atoms with Crippen molar-refractivity contribution in [3.05, 3.63) is 47.3 Å². The van der Waals surface area contributed by atoms with Gasteiger partial charge in [0.25, 0.3) is 0 Å². The Balaban J connectivity index is 1.55. The molecule has 180 valence electrons. The number of rotatable bonds is 10. The Hall–Kier alpha value is -3.19. The molecule has 1 aliphatic rings. The summed E-state index contributed by atoms with van der Waals surface area (Å²) in [5.41, 5.74) is 4.36. The number of hydrogen-bond donors (Lipinski definition) is 3. The number of ether oxygens (including phenoxy) is 1. The van der Waals surface area contributed by atoms with Crippen molar-refractivity contribution < 1.29 is 9.84 Å². The number of anilines is 1. The van der Waals surface area contributed by atoms with Crippen LogP contribution in [0.3, 0.4) is 0 Å². The molecule has 0 spiro atoms. The smallest absolute Gasteiger partial charge is 0.204 e. The lowest BCUT2D eigenvalue weighted by Gasteiger charge is -2.26. The Morgan fingerprint density at radius 2 is 2.03 bits per heavy atom. The maximum atomic E-state index is 10.4. The number of nitrogens with zero attached hydrogens (tertiary/aromatic N) is 5. The Morgan fingerprint density at radius 1 is 1.21 bits per heavy atom. The molecule has 4 rings (SSSR count). The number of nitrogens with one attached hydrogen (secondary N) is 2. The third-order valence-electron chi connectivity index (χ3n) is 6.05. The summed E-state index contributed by atoms with van der Waals surface area (Å²) in [4.78, 5) is 11.8. The van der Waals surface area contributed by atoms with Gasteiger partial charge in [-0.2, -0.15) is 5.26 Å². The largest absolute Gasteiger partial charge is 0.506 e. The molecule has 0 radical (unpaired) electrons. The fraction of sp³-hybridized carbons (Fsp3) is 0.480. The molecular formula is C25H33N7O2. The van der Waals surface area contributed by atoms with Crippen LogP contribution in [0.4, 0.5) is 5.95 Å². The number of nitriles is 1. The van der Waals surface area contributed by atoms with Gasteiger partial charge < -0.3 is 19.7 Å². The summed E-state index contributed by atoms with van der Waals surface area (Å²) in [5.74, 6) is 0.932. The second kappa shape index (κ2) is 11.3. The third-order valence-corrected chi connectivity index (χ3v) is 6.05. The zero-order chi connectivity index (χ0) is 23.9. The Labute approximate surface area is 200 Å². The van der Waals surface area contributed by atoms with Crippen molar-refractivity contribution in [1.82, 2.24) is 24.8 Å². The van der Waals surface area contributed by atoms with Gasteiger partial charge >= 0.3 is 0 Å². The van der Waals surface area contributed by atoms with E-state index in [-0.39, 0.29) is 11.8 Å². The van der Waals surface area contributed by atoms with E-state index in [2.05, 4.69) is 37.2 Å². The lowest BCUT2D eigenvalue weighted by Crippen LogP contribution is -2.37. The van der Waals surface area contributed by atoms with Crippen LogP contribution in [0.1, 0.15) is 30.3 Å². The van der Waals surface area contributed by atoms with Crippen LogP contribution in [0.2, 0.25) is 0 Å². The SMILES string of the molecule is Cc1ccc(O)c(Cn2c(NCCCN3CCOCC3)nc3ccc(CNC(C)C#N)cc32)n1. The second-order valence-corrected chi connectivity index (χ2v) is 8.73. The minimum absolute atomic E-state index is 0.173. The number of morpholine rings is 1. The molecule has 0 saturated carbocycles. The summed E-state index contributed by atoms with van der Waals surface area (Å²) in [6.07, 6.45) is 0.998. The maximum absolute atomic E-state index is 10.4. The molecule has 0 bridgehead atoms. The molecule has 1 saturated heterocycles. The van der Waals surface area contributed by atoms with Crippen LogP contribution in [-0.2, 0) is 17.8 Å². The van der Waals surface area contributed by atoms with Gasteiger partial charge in [0.2, 0.25) is 5.95 Å². The summed E-state index contributed by atoms with van der Waals surface area (Å²) in [5, 5.41) is 26.2. The Morgan fingerprint density at radius 3 is 2.82 bits per heavy atom. The first-order valence-corrected chi connectivity index (χ1v) is 11.8. The van der Waals surface area contributed by atoms with Gasteiger partial charge in [0.15, 0.2) is 0 Å². The van der Waals surface area contributed by atoms with Gasteiger partial charge in [0.1, 0.15) is 11.4 Å². The van der Waals surface area contributed by atoms with Crippen LogP contribution in [0.25, 0.3) is 11.0 Å². The van der Waals surface area contributed by atoms with Gasteiger partial charge in [-0.25, -0.2) is 4.98 Å². The summed E-state index contributed by atoms with van der Waals surface area (Å²) in [6, 6.07) is 11.6. The van der Waals surface area contributed by atoms with Crippen molar-refractivity contribution in [2.24, 2.45) is 0 Å². The highest BCUT2D eigenvalue weighted by atomic mass is 16.5. The fourth-order valence-electron chi connectivity index (χ4n) is 4.09. The topological polar surface area (TPSA) is 111 Å². The number of aryl methyl sites for hydroxylation is 1. The lowest BCUT2D eigenvalue weighted by molar-refractivity contribution is 0.0378. The molecule has 34 heavy (non-hydrogen) atoms. The van der Waals surface area contributed by atoms with E-state index in [0.717, 1.165) is 74.1 Å². The first-order chi connectivity index (χ1) is 16.5. The second-order valence-electron chi connectivity index (χ2n) is 8.73. The summed E-state index contributed by atoms with van der Waals surface area (Å²) >= 11 is 0. The molecule has 9 heteroatoms. The molecule has 1 atom stereocenters. The van der Waals surface area contributed by atoms with Gasteiger partial charge in [-0.05, 0) is 56.6 Å². The molecule has 1 fully saturated rings. The normalized spacial score (nSPS) is 15.3. The average molecular weight is 464 g/mol. The number of aromatic hydroxyl groups is 1. The first-order valence-electron chi connectivity index (χ1n) is 11.8. The van der Waals surface area contributed by atoms with Crippen LogP contribution in [0, 0.1) is 18.3 Å². The number of aromatic nitrogens is 3. The first kappa shape index (κ1) is 24.0. The van der Waals surface area contributed by atoms with E-state index in [0.29, 0.717) is 18.8 Å². The Bertz CT molecular complexity index is 1150. The number of pyridine rings is 1. The van der Waals surface area contributed by atoms with E-state index in [1.54, 1.807) is 12.1 Å². The monoisotopic (exact) mass is 463 g/mol. The van der Waals surface area contributed by atoms with Crippen molar-refractivity contribution in [3.8, 4) is 11.8 Å². The summed E-state index contributed by atoms with van der Waals surface area (Å²) in [7, 11) is 0. The fourth-order valence-corrected chi connectivity index (χ4v) is 4.09. The maximum Gasteiger partial charge on any atom is 0.204 e. The summed E-state index contributed by atoms with van der Waals surface area (Å²) in [6.45, 7) is 10.1. The van der Waals surface area contributed by atoms with E-state index in [1.165, 1.54) is 0 Å². The molecule has 3 aromatic rings. The molecule has 3 heterocycles. The van der Waals surface area contributed by atoms with Crippen molar-refractivity contribution in [2.75, 3.05) is 44.7 Å². The van der Waals surface area contributed by atoms with Gasteiger partial charge in [-0.3, -0.25) is 15.2 Å². The van der Waals surface area contributed by atoms with Crippen LogP contribution < -0.4 is 10.6 Å². The highest BCUT2D eigenvalue weighted by Gasteiger charge is 2.15. The van der Waals surface area contributed by atoms with Crippen molar-refractivity contribution in [1.29, 1.82) is 5.26 Å². The van der Waals surface area contributed by atoms with E-state index < -0.39 is 0 Å². The standard InChI is InChI=1S/C25H33N7O2/c1-18-4-7-24(33)22(29-18)17-32-23-14-20(16-28-19(2)15-26)5-6-21(23)30-25(32)27-8-3-9-31-10-12-34-13-11-31/h4-7,14,19,28,33H,3,8-13,16-17H2,1-2H3,(H,27,30). The predicted octanol–water partition coefficient (Wildman–Crippen LogP) is 2.63. The zero-order valence-electron chi connectivity index (χ0n) is 19.9. The van der Waals surface area contributed by atoms with Crippen LogP contribution >= 0.6 is 0 Å². The average Bonchev–Trinajstić information content (AvgIpc) is 3.19. The number of benzene rings is 1. The minimum atomic E-state index is -0.224. The van der Waals surface area contributed by atoms with Crippen LogP contribution in [0.15, 0.2) is 30.3 Å². The number of fused-ring (bicyclic) bond motifs is 1. The highest BCUT2D eigenvalue weighted by Crippen LogP contribution is 2.25. The molecule has 0 aliphatic carbocycles. The van der Waals surface area contributed by atoms with Gasteiger partial charge in [0.05, 0.1) is 42.9 Å². The zero-order valence-corrected chi connectivity index (χ0v) is 19.9. The molecule has 2 aromatic heterocycles. The molecule has 1 unspecified atom stereocenters. The van der Waals surface area contributed by atoms with Crippen LogP contribution in [0.5, 0.6) is 5.75 Å². The molecule has 1 aliphatic heterocycles. The van der Waals surface area contributed by atoms with Gasteiger partial charge in [0, 0.05) is 31.9 Å². The molecular weight excluding hydrogens is 430 g/mol. The molecule has 1 aromatic carbocycles. The quantitative estimate of drug-likeness (QED) is 0.394. The molecule has 9 nitrogen and oxygen atoms in total. The molecule has 3 N–H and O–H groups in total. The minimum Gasteiger partial charge on any atom is -0.506 e. The van der Waals surface area contributed by atoms with E-state index in [1.807, 2.05) is 26.0 Å². The predicted molar refractivity (Wildman–Crippen MR) is 132 cm³/mol. The highest BCUT2D eigenvalue weighted by molar-refractivity contribution is 5.79. The van der Waals surface area contributed by atoms with Crippen molar-refractivity contribution >= 4 is 17.0 Å². The van der Waals surface area contributed by atoms with Crippen molar-refractivity contribution in [2.45, 2.75) is 39.4 Å². The lowest BCUT2D eigenvalue weighted by atomic mass is 10.2. The third kappa shape index (κ3) is 6.03. The van der Waals surface area contributed by atoms with Gasteiger partial charge in [-0.15, -0.1) is 0 Å². The van der Waals surface area contributed by atoms with Gasteiger partial charge in [-0.1, -0.05) is 6.07 Å². The molecule has 0 amide bonds. The van der Waals surface area contributed by atoms with Crippen LogP contribution in [-0.4, -0.2) is 70.0 Å².